The molecule has 14 heteroatoms. The van der Waals surface area contributed by atoms with Crippen LogP contribution in [0.15, 0.2) is 52.6 Å². The number of anilines is 1. The Bertz CT molecular complexity index is 1640. The highest BCUT2D eigenvalue weighted by molar-refractivity contribution is 7.16. The van der Waals surface area contributed by atoms with Crippen molar-refractivity contribution >= 4 is 44.7 Å². The Morgan fingerprint density at radius 1 is 1.18 bits per heavy atom. The third-order valence-corrected chi connectivity index (χ3v) is 6.43. The van der Waals surface area contributed by atoms with Gasteiger partial charge in [0.2, 0.25) is 0 Å². The van der Waals surface area contributed by atoms with Gasteiger partial charge in [-0.3, -0.25) is 19.7 Å². The molecule has 2 heterocycles. The van der Waals surface area contributed by atoms with Gasteiger partial charge in [-0.05, 0) is 44.2 Å². The number of thiophene rings is 1. The van der Waals surface area contributed by atoms with Gasteiger partial charge in [0.15, 0.2) is 5.69 Å². The van der Waals surface area contributed by atoms with E-state index in [0.29, 0.717) is 0 Å². The maximum atomic E-state index is 13.4. The first-order valence-electron chi connectivity index (χ1n) is 10.9. The summed E-state index contributed by atoms with van der Waals surface area (Å²) in [7, 11) is 0. The predicted molar refractivity (Wildman–Crippen MR) is 132 cm³/mol. The van der Waals surface area contributed by atoms with E-state index in [1.165, 1.54) is 30.5 Å². The lowest BCUT2D eigenvalue weighted by Gasteiger charge is -2.11. The van der Waals surface area contributed by atoms with E-state index in [9.17, 15) is 37.7 Å². The number of esters is 1. The van der Waals surface area contributed by atoms with E-state index in [4.69, 9.17) is 4.74 Å². The van der Waals surface area contributed by atoms with Gasteiger partial charge in [0.05, 0.1) is 28.2 Å². The highest BCUT2D eigenvalue weighted by atomic mass is 32.1. The minimum Gasteiger partial charge on any atom is -0.461 e. The lowest BCUT2D eigenvalue weighted by Crippen LogP contribution is -2.25. The number of fused-ring (bicyclic) bond motifs is 1. The van der Waals surface area contributed by atoms with Crippen molar-refractivity contribution in [1.29, 1.82) is 0 Å². The Kier molecular flexibility index (Phi) is 7.00. The molecule has 1 amide bonds. The number of aromatic nitrogens is 2. The standard InChI is InChI=1S/C24H17F3N4O6S/c1-3-37-23(34)19-16-11-38-21(28-20(32)15-5-4-6-17(12(15)2)31(35)36)18(16)22(33)30(29-19)14-9-7-13(8-10-14)24(25,26)27/h4-11H,3H2,1-2H3,(H,28,32). The molecule has 4 rings (SSSR count). The fraction of sp³-hybridized carbons (Fsp3) is 0.167. The second kappa shape index (κ2) is 10.0. The molecule has 0 spiro atoms. The summed E-state index contributed by atoms with van der Waals surface area (Å²) in [5, 5.41) is 19.2. The van der Waals surface area contributed by atoms with Crippen LogP contribution in [0.3, 0.4) is 0 Å². The van der Waals surface area contributed by atoms with E-state index >= 15 is 0 Å². The van der Waals surface area contributed by atoms with Crippen LogP contribution < -0.4 is 10.9 Å². The number of halogens is 3. The van der Waals surface area contributed by atoms with E-state index in [2.05, 4.69) is 10.4 Å². The lowest BCUT2D eigenvalue weighted by atomic mass is 10.1. The second-order valence-corrected chi connectivity index (χ2v) is 8.72. The first-order chi connectivity index (χ1) is 17.9. The molecule has 10 nitrogen and oxygen atoms in total. The zero-order valence-electron chi connectivity index (χ0n) is 19.7. The van der Waals surface area contributed by atoms with Gasteiger partial charge in [0.25, 0.3) is 17.2 Å². The minimum absolute atomic E-state index is 0.00881. The summed E-state index contributed by atoms with van der Waals surface area (Å²) in [5.41, 5.74) is -2.29. The van der Waals surface area contributed by atoms with Gasteiger partial charge in [0, 0.05) is 28.0 Å². The van der Waals surface area contributed by atoms with Crippen LogP contribution in [0.2, 0.25) is 0 Å². The van der Waals surface area contributed by atoms with Crippen molar-refractivity contribution in [3.8, 4) is 5.69 Å². The van der Waals surface area contributed by atoms with Crippen LogP contribution >= 0.6 is 11.3 Å². The average Bonchev–Trinajstić information content (AvgIpc) is 3.28. The molecule has 38 heavy (non-hydrogen) atoms. The predicted octanol–water partition coefficient (Wildman–Crippen LogP) is 5.11. The first-order valence-corrected chi connectivity index (χ1v) is 11.8. The number of hydrogen-bond acceptors (Lipinski definition) is 8. The van der Waals surface area contributed by atoms with Crippen LogP contribution in [0.4, 0.5) is 23.9 Å². The normalized spacial score (nSPS) is 11.4. The number of ether oxygens (including phenoxy) is 1. The number of alkyl halides is 3. The lowest BCUT2D eigenvalue weighted by molar-refractivity contribution is -0.385. The molecular weight excluding hydrogens is 529 g/mol. The summed E-state index contributed by atoms with van der Waals surface area (Å²) in [6.45, 7) is 2.95. The summed E-state index contributed by atoms with van der Waals surface area (Å²) in [6, 6.07) is 7.53. The van der Waals surface area contributed by atoms with Crippen LogP contribution in [0.1, 0.15) is 38.9 Å². The molecular formula is C24H17F3N4O6S. The van der Waals surface area contributed by atoms with Gasteiger partial charge in [-0.1, -0.05) is 6.07 Å². The largest absolute Gasteiger partial charge is 0.461 e. The maximum Gasteiger partial charge on any atom is 0.416 e. The number of carbonyl (C=O) groups excluding carboxylic acids is 2. The number of rotatable bonds is 6. The Balaban J connectivity index is 1.86. The Morgan fingerprint density at radius 2 is 1.87 bits per heavy atom. The van der Waals surface area contributed by atoms with E-state index in [1.54, 1.807) is 6.92 Å². The van der Waals surface area contributed by atoms with Gasteiger partial charge >= 0.3 is 12.1 Å². The molecule has 0 radical (unpaired) electrons. The van der Waals surface area contributed by atoms with E-state index in [1.807, 2.05) is 0 Å². The van der Waals surface area contributed by atoms with Crippen molar-refractivity contribution in [2.45, 2.75) is 20.0 Å². The van der Waals surface area contributed by atoms with Gasteiger partial charge in [0.1, 0.15) is 5.00 Å². The zero-order chi connectivity index (χ0) is 27.8. The molecule has 1 N–H and O–H groups in total. The number of hydrogen-bond donors (Lipinski definition) is 1. The second-order valence-electron chi connectivity index (χ2n) is 7.85. The number of amides is 1. The minimum atomic E-state index is -4.60. The molecule has 0 aliphatic carbocycles. The van der Waals surface area contributed by atoms with Crippen molar-refractivity contribution in [2.75, 3.05) is 11.9 Å². The Labute approximate surface area is 215 Å². The molecule has 4 aromatic rings. The van der Waals surface area contributed by atoms with Crippen LogP contribution in [0.5, 0.6) is 0 Å². The quantitative estimate of drug-likeness (QED) is 0.202. The fourth-order valence-electron chi connectivity index (χ4n) is 3.70. The third-order valence-electron chi connectivity index (χ3n) is 5.53. The third kappa shape index (κ3) is 4.85. The average molecular weight is 546 g/mol. The highest BCUT2D eigenvalue weighted by Crippen LogP contribution is 2.33. The number of benzene rings is 2. The molecule has 2 aromatic heterocycles. The van der Waals surface area contributed by atoms with Crippen molar-refractivity contribution < 1.29 is 32.4 Å². The summed E-state index contributed by atoms with van der Waals surface area (Å²) < 4.78 is 44.8. The van der Waals surface area contributed by atoms with Crippen LogP contribution in [-0.2, 0) is 10.9 Å². The number of nitrogens with one attached hydrogen (secondary N) is 1. The van der Waals surface area contributed by atoms with E-state index < -0.39 is 34.1 Å². The SMILES string of the molecule is CCOC(=O)c1nn(-c2ccc(C(F)(F)F)cc2)c(=O)c2c(NC(=O)c3cccc([N+](=O)[O-])c3C)scc12. The van der Waals surface area contributed by atoms with Crippen LogP contribution in [0, 0.1) is 17.0 Å². The fourth-order valence-corrected chi connectivity index (χ4v) is 4.63. The number of nitro benzene ring substituents is 1. The molecule has 0 bridgehead atoms. The molecule has 196 valence electrons. The Hall–Kier alpha value is -4.59. The van der Waals surface area contributed by atoms with E-state index in [0.717, 1.165) is 40.3 Å². The van der Waals surface area contributed by atoms with Gasteiger partial charge in [-0.2, -0.15) is 23.0 Å². The van der Waals surface area contributed by atoms with Gasteiger partial charge in [-0.15, -0.1) is 11.3 Å². The monoisotopic (exact) mass is 546 g/mol. The molecule has 0 saturated heterocycles. The zero-order valence-corrected chi connectivity index (χ0v) is 20.5. The topological polar surface area (TPSA) is 133 Å². The first kappa shape index (κ1) is 26.5. The summed E-state index contributed by atoms with van der Waals surface area (Å²) in [4.78, 5) is 49.7. The van der Waals surface area contributed by atoms with Crippen molar-refractivity contribution in [2.24, 2.45) is 0 Å². The van der Waals surface area contributed by atoms with Crippen LogP contribution in [0.25, 0.3) is 16.5 Å². The van der Waals surface area contributed by atoms with Crippen molar-refractivity contribution in [3.63, 3.8) is 0 Å². The number of nitro groups is 1. The molecule has 0 fully saturated rings. The molecule has 0 aliphatic rings. The van der Waals surface area contributed by atoms with E-state index in [-0.39, 0.29) is 50.6 Å². The molecule has 2 aromatic carbocycles. The van der Waals surface area contributed by atoms with Gasteiger partial charge < -0.3 is 10.1 Å². The van der Waals surface area contributed by atoms with Crippen molar-refractivity contribution in [3.05, 3.63) is 90.7 Å². The molecule has 0 aliphatic heterocycles. The molecule has 0 unspecified atom stereocenters. The maximum absolute atomic E-state index is 13.4. The van der Waals surface area contributed by atoms with Crippen molar-refractivity contribution in [1.82, 2.24) is 9.78 Å². The molecule has 0 saturated carbocycles. The summed E-state index contributed by atoms with van der Waals surface area (Å²) >= 11 is 0.900. The smallest absolute Gasteiger partial charge is 0.416 e. The Morgan fingerprint density at radius 3 is 2.47 bits per heavy atom. The molecule has 0 atom stereocenters. The highest BCUT2D eigenvalue weighted by Gasteiger charge is 2.30. The number of nitrogens with zero attached hydrogens (tertiary/aromatic N) is 3. The summed E-state index contributed by atoms with van der Waals surface area (Å²) in [5.74, 6) is -1.63. The number of carbonyl (C=O) groups is 2. The van der Waals surface area contributed by atoms with Gasteiger partial charge in [-0.25, -0.2) is 4.79 Å². The summed E-state index contributed by atoms with van der Waals surface area (Å²) in [6.07, 6.45) is -4.60. The van der Waals surface area contributed by atoms with Crippen LogP contribution in [-0.4, -0.2) is 33.2 Å².